The molecule has 0 aliphatic heterocycles. The zero-order valence-corrected chi connectivity index (χ0v) is 20.4. The van der Waals surface area contributed by atoms with Crippen LogP contribution in [-0.4, -0.2) is 22.0 Å². The molecular formula is C27H26F2N2O3S. The molecule has 3 aromatic rings. The van der Waals surface area contributed by atoms with Crippen LogP contribution in [-0.2, 0) is 24.1 Å². The van der Waals surface area contributed by atoms with Crippen molar-refractivity contribution in [2.45, 2.75) is 52.4 Å². The van der Waals surface area contributed by atoms with Gasteiger partial charge in [-0.25, -0.2) is 18.6 Å². The second kappa shape index (κ2) is 10.5. The molecule has 0 unspecified atom stereocenters. The van der Waals surface area contributed by atoms with Gasteiger partial charge in [0.25, 0.3) is 5.91 Å². The van der Waals surface area contributed by atoms with E-state index in [0.29, 0.717) is 5.13 Å². The molecule has 0 atom stereocenters. The molecule has 182 valence electrons. The Morgan fingerprint density at radius 3 is 2.60 bits per heavy atom. The van der Waals surface area contributed by atoms with Crippen LogP contribution in [0.15, 0.2) is 35.9 Å². The van der Waals surface area contributed by atoms with Crippen molar-refractivity contribution in [2.75, 3.05) is 5.32 Å². The molecule has 0 saturated heterocycles. The van der Waals surface area contributed by atoms with Gasteiger partial charge in [0.15, 0.2) is 5.13 Å². The van der Waals surface area contributed by atoms with Gasteiger partial charge in [-0.05, 0) is 61.9 Å². The zero-order valence-electron chi connectivity index (χ0n) is 19.6. The van der Waals surface area contributed by atoms with Gasteiger partial charge in [-0.15, -0.1) is 11.3 Å². The highest BCUT2D eigenvalue weighted by molar-refractivity contribution is 7.16. The van der Waals surface area contributed by atoms with Crippen LogP contribution >= 0.6 is 11.3 Å². The van der Waals surface area contributed by atoms with E-state index in [1.54, 1.807) is 0 Å². The average molecular weight is 497 g/mol. The van der Waals surface area contributed by atoms with Crippen LogP contribution in [0, 0.1) is 11.6 Å². The Morgan fingerprint density at radius 1 is 1.17 bits per heavy atom. The number of carbonyl (C=O) groups excluding carboxylic acids is 1. The third-order valence-electron chi connectivity index (χ3n) is 6.14. The average Bonchev–Trinajstić information content (AvgIpc) is 3.24. The number of thiazole rings is 1. The summed E-state index contributed by atoms with van der Waals surface area (Å²) in [4.78, 5) is 29.4. The van der Waals surface area contributed by atoms with Crippen LogP contribution in [0.4, 0.5) is 13.9 Å². The SMILES string of the molecule is CCCCCc1cccc2c1CCc1sc(NC(=O)c3cc(F)c(/C=C(\C)C(=O)O)c(F)c3)nc1-2. The first kappa shape index (κ1) is 24.7. The van der Waals surface area contributed by atoms with Crippen LogP contribution < -0.4 is 5.32 Å². The van der Waals surface area contributed by atoms with Gasteiger partial charge in [-0.2, -0.15) is 0 Å². The van der Waals surface area contributed by atoms with Gasteiger partial charge in [0.2, 0.25) is 0 Å². The van der Waals surface area contributed by atoms with Crippen molar-refractivity contribution >= 4 is 34.4 Å². The molecule has 0 bridgehead atoms. The summed E-state index contributed by atoms with van der Waals surface area (Å²) in [6.45, 7) is 3.42. The van der Waals surface area contributed by atoms with Crippen molar-refractivity contribution in [3.05, 3.63) is 74.7 Å². The van der Waals surface area contributed by atoms with Gasteiger partial charge in [0.1, 0.15) is 11.6 Å². The number of halogens is 2. The molecule has 1 aliphatic carbocycles. The lowest BCUT2D eigenvalue weighted by atomic mass is 9.88. The third-order valence-corrected chi connectivity index (χ3v) is 7.17. The lowest BCUT2D eigenvalue weighted by molar-refractivity contribution is -0.132. The number of benzene rings is 2. The number of aromatic nitrogens is 1. The summed E-state index contributed by atoms with van der Waals surface area (Å²) in [5, 5.41) is 12.0. The van der Waals surface area contributed by atoms with E-state index in [9.17, 15) is 18.4 Å². The summed E-state index contributed by atoms with van der Waals surface area (Å²) in [5.74, 6) is -4.00. The molecule has 2 aromatic carbocycles. The monoisotopic (exact) mass is 496 g/mol. The molecule has 2 N–H and O–H groups in total. The second-order valence-electron chi connectivity index (χ2n) is 8.63. The van der Waals surface area contributed by atoms with Gasteiger partial charge in [-0.1, -0.05) is 38.0 Å². The predicted molar refractivity (Wildman–Crippen MR) is 134 cm³/mol. The standard InChI is InChI=1S/C27H26F2N2O3S/c1-3-4-5-7-16-8-6-9-19-18(16)10-11-23-24(19)30-27(35-23)31-25(32)17-13-21(28)20(22(29)14-17)12-15(2)26(33)34/h6,8-9,12-14H,3-5,7,10-11H2,1-2H3,(H,33,34)(H,30,31,32)/b15-12+. The number of carboxylic acid groups (broad SMARTS) is 1. The Kier molecular flexibility index (Phi) is 7.40. The van der Waals surface area contributed by atoms with Gasteiger partial charge in [-0.3, -0.25) is 10.1 Å². The molecule has 5 nitrogen and oxygen atoms in total. The molecular weight excluding hydrogens is 470 g/mol. The van der Waals surface area contributed by atoms with Crippen LogP contribution in [0.25, 0.3) is 17.3 Å². The molecule has 1 heterocycles. The highest BCUT2D eigenvalue weighted by Crippen LogP contribution is 2.39. The van der Waals surface area contributed by atoms with Crippen molar-refractivity contribution < 1.29 is 23.5 Å². The van der Waals surface area contributed by atoms with E-state index in [1.165, 1.54) is 42.2 Å². The van der Waals surface area contributed by atoms with Gasteiger partial charge < -0.3 is 5.11 Å². The van der Waals surface area contributed by atoms with Crippen LogP contribution in [0.5, 0.6) is 0 Å². The minimum atomic E-state index is -1.28. The quantitative estimate of drug-likeness (QED) is 0.270. The van der Waals surface area contributed by atoms with E-state index in [2.05, 4.69) is 29.4 Å². The molecule has 8 heteroatoms. The lowest BCUT2D eigenvalue weighted by Crippen LogP contribution is -2.13. The van der Waals surface area contributed by atoms with Crippen LogP contribution in [0.2, 0.25) is 0 Å². The number of carboxylic acids is 1. The van der Waals surface area contributed by atoms with E-state index in [-0.39, 0.29) is 11.1 Å². The summed E-state index contributed by atoms with van der Waals surface area (Å²) in [5.41, 5.74) is 3.66. The molecule has 1 aliphatic rings. The Balaban J connectivity index is 1.56. The number of unbranched alkanes of at least 4 members (excludes halogenated alkanes) is 2. The Bertz CT molecular complexity index is 1310. The van der Waals surface area contributed by atoms with E-state index >= 15 is 0 Å². The molecule has 1 aromatic heterocycles. The lowest BCUT2D eigenvalue weighted by Gasteiger charge is -2.18. The van der Waals surface area contributed by atoms with Crippen molar-refractivity contribution in [3.8, 4) is 11.3 Å². The minimum absolute atomic E-state index is 0.211. The highest BCUT2D eigenvalue weighted by Gasteiger charge is 2.24. The largest absolute Gasteiger partial charge is 0.478 e. The molecule has 0 saturated carbocycles. The molecule has 35 heavy (non-hydrogen) atoms. The number of aryl methyl sites for hydroxylation is 2. The summed E-state index contributed by atoms with van der Waals surface area (Å²) in [6.07, 6.45) is 7.19. The number of anilines is 1. The first-order valence-electron chi connectivity index (χ1n) is 11.6. The number of fused-ring (bicyclic) bond motifs is 3. The fourth-order valence-corrected chi connectivity index (χ4v) is 5.25. The first-order chi connectivity index (χ1) is 16.8. The summed E-state index contributed by atoms with van der Waals surface area (Å²) in [6, 6.07) is 8.06. The first-order valence-corrected chi connectivity index (χ1v) is 12.4. The molecule has 4 rings (SSSR count). The number of hydrogen-bond donors (Lipinski definition) is 2. The van der Waals surface area contributed by atoms with Crippen molar-refractivity contribution in [1.29, 1.82) is 0 Å². The van der Waals surface area contributed by atoms with Crippen molar-refractivity contribution in [2.24, 2.45) is 0 Å². The molecule has 0 radical (unpaired) electrons. The van der Waals surface area contributed by atoms with Crippen molar-refractivity contribution in [3.63, 3.8) is 0 Å². The fourth-order valence-electron chi connectivity index (χ4n) is 4.28. The minimum Gasteiger partial charge on any atom is -0.478 e. The topological polar surface area (TPSA) is 79.3 Å². The number of nitrogens with one attached hydrogen (secondary N) is 1. The van der Waals surface area contributed by atoms with Crippen molar-refractivity contribution in [1.82, 2.24) is 4.98 Å². The second-order valence-corrected chi connectivity index (χ2v) is 9.71. The van der Waals surface area contributed by atoms with E-state index in [4.69, 9.17) is 5.11 Å². The molecule has 0 fully saturated rings. The number of amides is 1. The van der Waals surface area contributed by atoms with E-state index in [1.807, 2.05) is 6.07 Å². The smallest absolute Gasteiger partial charge is 0.331 e. The number of rotatable bonds is 8. The van der Waals surface area contributed by atoms with E-state index < -0.39 is 29.1 Å². The summed E-state index contributed by atoms with van der Waals surface area (Å²) in [7, 11) is 0. The number of carbonyl (C=O) groups is 2. The van der Waals surface area contributed by atoms with Crippen LogP contribution in [0.1, 0.15) is 65.0 Å². The highest BCUT2D eigenvalue weighted by atomic mass is 32.1. The normalized spacial score (nSPS) is 12.7. The Hall–Kier alpha value is -3.39. The van der Waals surface area contributed by atoms with Crippen LogP contribution in [0.3, 0.4) is 0 Å². The van der Waals surface area contributed by atoms with Gasteiger partial charge in [0.05, 0.1) is 5.69 Å². The fraction of sp³-hybridized carbons (Fsp3) is 0.296. The number of hydrogen-bond acceptors (Lipinski definition) is 4. The van der Waals surface area contributed by atoms with E-state index in [0.717, 1.165) is 60.0 Å². The molecule has 1 amide bonds. The Labute approximate surface area is 206 Å². The van der Waals surface area contributed by atoms with Gasteiger partial charge in [0, 0.05) is 27.1 Å². The van der Waals surface area contributed by atoms with Gasteiger partial charge >= 0.3 is 5.97 Å². The molecule has 0 spiro atoms. The maximum absolute atomic E-state index is 14.5. The predicted octanol–water partition coefficient (Wildman–Crippen LogP) is 6.66. The number of nitrogens with zero attached hydrogens (tertiary/aromatic N) is 1. The zero-order chi connectivity index (χ0) is 25.1. The third kappa shape index (κ3) is 5.32. The Morgan fingerprint density at radius 2 is 1.91 bits per heavy atom. The number of aliphatic carboxylic acids is 1. The summed E-state index contributed by atoms with van der Waals surface area (Å²) >= 11 is 1.37. The maximum atomic E-state index is 14.5. The maximum Gasteiger partial charge on any atom is 0.331 e. The summed E-state index contributed by atoms with van der Waals surface area (Å²) < 4.78 is 28.9.